The van der Waals surface area contributed by atoms with Crippen LogP contribution >= 0.6 is 11.6 Å². The van der Waals surface area contributed by atoms with Crippen molar-refractivity contribution in [3.63, 3.8) is 0 Å². The Balaban J connectivity index is 2.02. The molecule has 1 N–H and O–H groups in total. The van der Waals surface area contributed by atoms with Crippen LogP contribution < -0.4 is 5.32 Å². The van der Waals surface area contributed by atoms with Gasteiger partial charge in [0.25, 0.3) is 0 Å². The first-order valence-corrected chi connectivity index (χ1v) is 9.28. The summed E-state index contributed by atoms with van der Waals surface area (Å²) in [5.41, 5.74) is 0. The quantitative estimate of drug-likeness (QED) is 0.824. The second kappa shape index (κ2) is 8.16. The molecule has 0 radical (unpaired) electrons. The van der Waals surface area contributed by atoms with Gasteiger partial charge in [0.1, 0.15) is 0 Å². The molecule has 1 aliphatic carbocycles. The third-order valence-corrected chi connectivity index (χ3v) is 5.99. The number of hydrogen-bond donors (Lipinski definition) is 1. The highest BCUT2D eigenvalue weighted by Crippen LogP contribution is 2.29. The minimum absolute atomic E-state index is 0.356. The van der Waals surface area contributed by atoms with Gasteiger partial charge in [0.2, 0.25) is 0 Å². The molecule has 0 bridgehead atoms. The normalized spacial score (nSPS) is 19.1. The lowest BCUT2D eigenvalue weighted by Crippen LogP contribution is -2.40. The number of hydrogen-bond acceptors (Lipinski definition) is 2. The summed E-state index contributed by atoms with van der Waals surface area (Å²) in [6.07, 6.45) is 6.27. The molecular weight excluding hydrogens is 290 g/mol. The molecule has 0 saturated heterocycles. The summed E-state index contributed by atoms with van der Waals surface area (Å²) >= 11 is 6.15. The molecular formula is C16H24ClNOS. The van der Waals surface area contributed by atoms with E-state index in [1.54, 1.807) is 0 Å². The van der Waals surface area contributed by atoms with Crippen molar-refractivity contribution in [1.29, 1.82) is 0 Å². The number of halogens is 1. The average molecular weight is 314 g/mol. The Bertz CT molecular complexity index is 446. The van der Waals surface area contributed by atoms with E-state index in [4.69, 9.17) is 11.6 Å². The first-order chi connectivity index (χ1) is 9.72. The second-order valence-electron chi connectivity index (χ2n) is 5.55. The van der Waals surface area contributed by atoms with Gasteiger partial charge in [-0.1, -0.05) is 43.5 Å². The zero-order chi connectivity index (χ0) is 14.4. The molecule has 0 amide bonds. The lowest BCUT2D eigenvalue weighted by Gasteiger charge is -2.24. The van der Waals surface area contributed by atoms with E-state index >= 15 is 0 Å². The highest BCUT2D eigenvalue weighted by Gasteiger charge is 2.26. The Kier molecular flexibility index (Phi) is 6.53. The van der Waals surface area contributed by atoms with E-state index in [1.807, 2.05) is 24.3 Å². The fraction of sp³-hybridized carbons (Fsp3) is 0.625. The predicted octanol–water partition coefficient (Wildman–Crippen LogP) is 4.01. The van der Waals surface area contributed by atoms with Crippen molar-refractivity contribution in [2.24, 2.45) is 5.92 Å². The molecule has 1 saturated carbocycles. The van der Waals surface area contributed by atoms with Gasteiger partial charge >= 0.3 is 0 Å². The van der Waals surface area contributed by atoms with Gasteiger partial charge in [0.15, 0.2) is 0 Å². The molecule has 20 heavy (non-hydrogen) atoms. The standard InChI is InChI=1S/C16H24ClNOS/c1-2-11-18-15(13-7-3-4-8-13)12-20(19)16-10-6-5-9-14(16)17/h5-6,9-10,13,15,18H,2-4,7-8,11-12H2,1H3. The monoisotopic (exact) mass is 313 g/mol. The van der Waals surface area contributed by atoms with Gasteiger partial charge in [-0.15, -0.1) is 0 Å². The maximum atomic E-state index is 12.6. The summed E-state index contributed by atoms with van der Waals surface area (Å²) in [7, 11) is -1.02. The second-order valence-corrected chi connectivity index (χ2v) is 7.42. The highest BCUT2D eigenvalue weighted by atomic mass is 35.5. The van der Waals surface area contributed by atoms with Gasteiger partial charge in [-0.2, -0.15) is 0 Å². The van der Waals surface area contributed by atoms with E-state index in [0.717, 1.165) is 17.9 Å². The Morgan fingerprint density at radius 1 is 1.35 bits per heavy atom. The zero-order valence-electron chi connectivity index (χ0n) is 12.1. The van der Waals surface area contributed by atoms with Crippen molar-refractivity contribution >= 4 is 22.4 Å². The smallest absolute Gasteiger partial charge is 0.0574 e. The van der Waals surface area contributed by atoms with Crippen LogP contribution in [0.5, 0.6) is 0 Å². The van der Waals surface area contributed by atoms with E-state index in [1.165, 1.54) is 25.7 Å². The first-order valence-electron chi connectivity index (χ1n) is 7.58. The molecule has 0 aliphatic heterocycles. The summed E-state index contributed by atoms with van der Waals surface area (Å²) in [6.45, 7) is 3.17. The van der Waals surface area contributed by atoms with E-state index in [2.05, 4.69) is 12.2 Å². The molecule has 2 unspecified atom stereocenters. The van der Waals surface area contributed by atoms with Crippen molar-refractivity contribution in [1.82, 2.24) is 5.32 Å². The van der Waals surface area contributed by atoms with Crippen molar-refractivity contribution in [2.45, 2.75) is 50.0 Å². The SMILES string of the molecule is CCCNC(CS(=O)c1ccccc1Cl)C1CCCC1. The van der Waals surface area contributed by atoms with Crippen molar-refractivity contribution in [2.75, 3.05) is 12.3 Å². The van der Waals surface area contributed by atoms with Gasteiger partial charge in [-0.3, -0.25) is 4.21 Å². The van der Waals surface area contributed by atoms with Crippen LogP contribution in [-0.2, 0) is 10.8 Å². The van der Waals surface area contributed by atoms with Crippen LogP contribution in [0.2, 0.25) is 5.02 Å². The molecule has 4 heteroatoms. The molecule has 2 nitrogen and oxygen atoms in total. The molecule has 2 atom stereocenters. The molecule has 0 aromatic heterocycles. The summed E-state index contributed by atoms with van der Waals surface area (Å²) in [5, 5.41) is 4.21. The first kappa shape index (κ1) is 16.0. The number of nitrogens with one attached hydrogen (secondary N) is 1. The predicted molar refractivity (Wildman–Crippen MR) is 86.8 cm³/mol. The zero-order valence-corrected chi connectivity index (χ0v) is 13.7. The van der Waals surface area contributed by atoms with E-state index in [-0.39, 0.29) is 0 Å². The van der Waals surface area contributed by atoms with Crippen LogP contribution in [0.15, 0.2) is 29.2 Å². The summed E-state index contributed by atoms with van der Waals surface area (Å²) in [5.74, 6) is 1.35. The molecule has 112 valence electrons. The molecule has 1 aliphatic rings. The van der Waals surface area contributed by atoms with Crippen LogP contribution in [0.4, 0.5) is 0 Å². The molecule has 1 aromatic carbocycles. The van der Waals surface area contributed by atoms with Gasteiger partial charge < -0.3 is 5.32 Å². The van der Waals surface area contributed by atoms with Crippen LogP contribution in [-0.4, -0.2) is 22.5 Å². The van der Waals surface area contributed by atoms with Crippen LogP contribution in [0.1, 0.15) is 39.0 Å². The average Bonchev–Trinajstić information content (AvgIpc) is 2.97. The van der Waals surface area contributed by atoms with Gasteiger partial charge in [-0.25, -0.2) is 0 Å². The Morgan fingerprint density at radius 2 is 2.05 bits per heavy atom. The van der Waals surface area contributed by atoms with Crippen LogP contribution in [0.25, 0.3) is 0 Å². The van der Waals surface area contributed by atoms with E-state index in [0.29, 0.717) is 22.7 Å². The highest BCUT2D eigenvalue weighted by molar-refractivity contribution is 7.85. The molecule has 1 aromatic rings. The lowest BCUT2D eigenvalue weighted by atomic mass is 10.00. The Labute approximate surface area is 129 Å². The van der Waals surface area contributed by atoms with E-state index < -0.39 is 10.8 Å². The van der Waals surface area contributed by atoms with Crippen molar-refractivity contribution < 1.29 is 4.21 Å². The molecule has 0 spiro atoms. The van der Waals surface area contributed by atoms with Crippen molar-refractivity contribution in [3.05, 3.63) is 29.3 Å². The van der Waals surface area contributed by atoms with E-state index in [9.17, 15) is 4.21 Å². The number of rotatable bonds is 7. The number of benzene rings is 1. The summed E-state index contributed by atoms with van der Waals surface area (Å²) in [4.78, 5) is 0.774. The largest absolute Gasteiger partial charge is 0.313 e. The molecule has 2 rings (SSSR count). The third-order valence-electron chi connectivity index (χ3n) is 4.04. The summed E-state index contributed by atoms with van der Waals surface area (Å²) < 4.78 is 12.6. The van der Waals surface area contributed by atoms with Crippen LogP contribution in [0.3, 0.4) is 0 Å². The topological polar surface area (TPSA) is 29.1 Å². The maximum absolute atomic E-state index is 12.6. The summed E-state index contributed by atoms with van der Waals surface area (Å²) in [6, 6.07) is 7.84. The van der Waals surface area contributed by atoms with Gasteiger partial charge in [0, 0.05) is 11.8 Å². The lowest BCUT2D eigenvalue weighted by molar-refractivity contribution is 0.385. The molecule has 0 heterocycles. The Hall–Kier alpha value is -0.380. The van der Waals surface area contributed by atoms with Crippen molar-refractivity contribution in [3.8, 4) is 0 Å². The minimum Gasteiger partial charge on any atom is -0.313 e. The van der Waals surface area contributed by atoms with Gasteiger partial charge in [0.05, 0.1) is 20.7 Å². The minimum atomic E-state index is -1.02. The molecule has 1 fully saturated rings. The van der Waals surface area contributed by atoms with Crippen LogP contribution in [0, 0.1) is 5.92 Å². The third kappa shape index (κ3) is 4.31. The van der Waals surface area contributed by atoms with Gasteiger partial charge in [-0.05, 0) is 43.9 Å². The fourth-order valence-corrected chi connectivity index (χ4v) is 4.74. The maximum Gasteiger partial charge on any atom is 0.0574 e. The fourth-order valence-electron chi connectivity index (χ4n) is 2.93. The Morgan fingerprint density at radius 3 is 2.70 bits per heavy atom.